The standard InChI is InChI=1S/C24H30Cl2N2O3/c1-5-12-27-24(30)21(6-2)28(14-18-10-11-19(25)13-20(18)26)23(29)15-31-22-9-7-8-16(3)17(22)4/h7-11,13,21H,5-6,12,14-15H2,1-4H3,(H,27,30). The van der Waals surface area contributed by atoms with E-state index < -0.39 is 6.04 Å². The summed E-state index contributed by atoms with van der Waals surface area (Å²) >= 11 is 12.4. The van der Waals surface area contributed by atoms with Crippen LogP contribution in [-0.2, 0) is 16.1 Å². The van der Waals surface area contributed by atoms with E-state index in [-0.39, 0.29) is 25.0 Å². The van der Waals surface area contributed by atoms with E-state index in [4.69, 9.17) is 27.9 Å². The number of carbonyl (C=O) groups is 2. The summed E-state index contributed by atoms with van der Waals surface area (Å²) in [4.78, 5) is 27.5. The van der Waals surface area contributed by atoms with Crippen LogP contribution in [0.5, 0.6) is 5.75 Å². The molecule has 1 unspecified atom stereocenters. The highest BCUT2D eigenvalue weighted by Gasteiger charge is 2.29. The minimum absolute atomic E-state index is 0.174. The molecule has 0 heterocycles. The van der Waals surface area contributed by atoms with Gasteiger partial charge in [0.15, 0.2) is 6.61 Å². The molecule has 7 heteroatoms. The van der Waals surface area contributed by atoms with Crippen molar-refractivity contribution in [3.63, 3.8) is 0 Å². The molecule has 5 nitrogen and oxygen atoms in total. The Bertz CT molecular complexity index is 918. The van der Waals surface area contributed by atoms with E-state index in [1.165, 1.54) is 4.90 Å². The molecular formula is C24H30Cl2N2O3. The number of benzene rings is 2. The van der Waals surface area contributed by atoms with Gasteiger partial charge in [0.1, 0.15) is 11.8 Å². The number of aryl methyl sites for hydroxylation is 1. The molecule has 0 saturated heterocycles. The second-order valence-corrected chi connectivity index (χ2v) is 8.30. The fraction of sp³-hybridized carbons (Fsp3) is 0.417. The summed E-state index contributed by atoms with van der Waals surface area (Å²) in [6, 6.07) is 10.2. The average molecular weight is 465 g/mol. The van der Waals surface area contributed by atoms with Gasteiger partial charge in [-0.3, -0.25) is 9.59 Å². The van der Waals surface area contributed by atoms with E-state index in [1.54, 1.807) is 18.2 Å². The number of rotatable bonds is 10. The highest BCUT2D eigenvalue weighted by atomic mass is 35.5. The number of amides is 2. The zero-order chi connectivity index (χ0) is 23.0. The molecule has 0 fully saturated rings. The van der Waals surface area contributed by atoms with E-state index in [9.17, 15) is 9.59 Å². The monoisotopic (exact) mass is 464 g/mol. The summed E-state index contributed by atoms with van der Waals surface area (Å²) < 4.78 is 5.83. The van der Waals surface area contributed by atoms with Crippen molar-refractivity contribution < 1.29 is 14.3 Å². The van der Waals surface area contributed by atoms with Gasteiger partial charge in [0.2, 0.25) is 5.91 Å². The molecular weight excluding hydrogens is 435 g/mol. The lowest BCUT2D eigenvalue weighted by Gasteiger charge is -2.31. The number of carbonyl (C=O) groups excluding carboxylic acids is 2. The van der Waals surface area contributed by atoms with Crippen LogP contribution >= 0.6 is 23.2 Å². The van der Waals surface area contributed by atoms with Crippen LogP contribution in [0.2, 0.25) is 10.0 Å². The maximum atomic E-state index is 13.2. The summed E-state index contributed by atoms with van der Waals surface area (Å²) in [5.74, 6) is 0.182. The van der Waals surface area contributed by atoms with Gasteiger partial charge in [-0.1, -0.05) is 55.2 Å². The van der Waals surface area contributed by atoms with Gasteiger partial charge in [-0.15, -0.1) is 0 Å². The van der Waals surface area contributed by atoms with Gasteiger partial charge in [0.05, 0.1) is 0 Å². The van der Waals surface area contributed by atoms with Crippen LogP contribution in [0.3, 0.4) is 0 Å². The third-order valence-corrected chi connectivity index (χ3v) is 5.78. The predicted octanol–water partition coefficient (Wildman–Crippen LogP) is 5.32. The van der Waals surface area contributed by atoms with Crippen molar-refractivity contribution in [2.75, 3.05) is 13.2 Å². The van der Waals surface area contributed by atoms with Gasteiger partial charge in [-0.25, -0.2) is 0 Å². The van der Waals surface area contributed by atoms with Crippen molar-refractivity contribution in [3.8, 4) is 5.75 Å². The Morgan fingerprint density at radius 1 is 1.13 bits per heavy atom. The molecule has 2 amide bonds. The lowest BCUT2D eigenvalue weighted by molar-refractivity contribution is -0.143. The minimum Gasteiger partial charge on any atom is -0.483 e. The first-order valence-corrected chi connectivity index (χ1v) is 11.2. The van der Waals surface area contributed by atoms with E-state index in [1.807, 2.05) is 45.9 Å². The van der Waals surface area contributed by atoms with E-state index in [0.29, 0.717) is 34.3 Å². The molecule has 2 aromatic rings. The smallest absolute Gasteiger partial charge is 0.261 e. The Morgan fingerprint density at radius 2 is 1.87 bits per heavy atom. The summed E-state index contributed by atoms with van der Waals surface area (Å²) in [5, 5.41) is 3.85. The molecule has 0 aliphatic heterocycles. The maximum Gasteiger partial charge on any atom is 0.261 e. The van der Waals surface area contributed by atoms with Gasteiger partial charge >= 0.3 is 0 Å². The number of hydrogen-bond donors (Lipinski definition) is 1. The van der Waals surface area contributed by atoms with Crippen LogP contribution in [0.4, 0.5) is 0 Å². The molecule has 168 valence electrons. The largest absolute Gasteiger partial charge is 0.483 e. The number of ether oxygens (including phenoxy) is 1. The van der Waals surface area contributed by atoms with Crippen molar-refractivity contribution in [2.45, 2.75) is 53.1 Å². The first-order valence-electron chi connectivity index (χ1n) is 10.5. The van der Waals surface area contributed by atoms with Crippen LogP contribution in [0.25, 0.3) is 0 Å². The Balaban J connectivity index is 2.27. The number of nitrogens with one attached hydrogen (secondary N) is 1. The highest BCUT2D eigenvalue weighted by molar-refractivity contribution is 6.35. The van der Waals surface area contributed by atoms with Crippen LogP contribution in [0.15, 0.2) is 36.4 Å². The van der Waals surface area contributed by atoms with Crippen molar-refractivity contribution in [3.05, 3.63) is 63.1 Å². The van der Waals surface area contributed by atoms with Gasteiger partial charge < -0.3 is 15.0 Å². The second kappa shape index (κ2) is 12.0. The van der Waals surface area contributed by atoms with Gasteiger partial charge in [-0.05, 0) is 61.6 Å². The van der Waals surface area contributed by atoms with Gasteiger partial charge in [-0.2, -0.15) is 0 Å². The Labute approximate surface area is 194 Å². The summed E-state index contributed by atoms with van der Waals surface area (Å²) in [6.45, 7) is 8.37. The number of hydrogen-bond acceptors (Lipinski definition) is 3. The lowest BCUT2D eigenvalue weighted by atomic mass is 10.1. The number of halogens is 2. The number of nitrogens with zero attached hydrogens (tertiary/aromatic N) is 1. The Kier molecular flexibility index (Phi) is 9.66. The lowest BCUT2D eigenvalue weighted by Crippen LogP contribution is -2.50. The molecule has 0 bridgehead atoms. The fourth-order valence-electron chi connectivity index (χ4n) is 3.22. The molecule has 31 heavy (non-hydrogen) atoms. The molecule has 0 aliphatic carbocycles. The quantitative estimate of drug-likeness (QED) is 0.517. The summed E-state index contributed by atoms with van der Waals surface area (Å²) in [5.41, 5.74) is 2.78. The van der Waals surface area contributed by atoms with Crippen LogP contribution in [-0.4, -0.2) is 35.9 Å². The fourth-order valence-corrected chi connectivity index (χ4v) is 3.69. The zero-order valence-electron chi connectivity index (χ0n) is 18.5. The molecule has 0 radical (unpaired) electrons. The first kappa shape index (κ1) is 25.0. The third-order valence-electron chi connectivity index (χ3n) is 5.20. The van der Waals surface area contributed by atoms with Crippen molar-refractivity contribution >= 4 is 35.0 Å². The maximum absolute atomic E-state index is 13.2. The average Bonchev–Trinajstić information content (AvgIpc) is 2.74. The highest BCUT2D eigenvalue weighted by Crippen LogP contribution is 2.24. The van der Waals surface area contributed by atoms with Crippen LogP contribution in [0.1, 0.15) is 43.4 Å². The Morgan fingerprint density at radius 3 is 2.52 bits per heavy atom. The zero-order valence-corrected chi connectivity index (χ0v) is 20.0. The normalized spacial score (nSPS) is 11.7. The molecule has 0 aliphatic rings. The van der Waals surface area contributed by atoms with Crippen LogP contribution in [0, 0.1) is 13.8 Å². The second-order valence-electron chi connectivity index (χ2n) is 7.46. The molecule has 0 spiro atoms. The topological polar surface area (TPSA) is 58.6 Å². The Hall–Kier alpha value is -2.24. The SMILES string of the molecule is CCCNC(=O)C(CC)N(Cc1ccc(Cl)cc1Cl)C(=O)COc1cccc(C)c1C. The van der Waals surface area contributed by atoms with Gasteiger partial charge in [0, 0.05) is 23.1 Å². The van der Waals surface area contributed by atoms with Crippen molar-refractivity contribution in [2.24, 2.45) is 0 Å². The third kappa shape index (κ3) is 6.88. The molecule has 0 aromatic heterocycles. The predicted molar refractivity (Wildman–Crippen MR) is 126 cm³/mol. The summed E-state index contributed by atoms with van der Waals surface area (Å²) in [7, 11) is 0. The molecule has 2 aromatic carbocycles. The molecule has 1 N–H and O–H groups in total. The van der Waals surface area contributed by atoms with Gasteiger partial charge in [0.25, 0.3) is 5.91 Å². The first-order chi connectivity index (χ1) is 14.8. The van der Waals surface area contributed by atoms with E-state index in [2.05, 4.69) is 5.32 Å². The van der Waals surface area contributed by atoms with Crippen LogP contribution < -0.4 is 10.1 Å². The van der Waals surface area contributed by atoms with Crippen molar-refractivity contribution in [1.82, 2.24) is 10.2 Å². The molecule has 0 saturated carbocycles. The summed E-state index contributed by atoms with van der Waals surface area (Å²) in [6.07, 6.45) is 1.28. The molecule has 2 rings (SSSR count). The van der Waals surface area contributed by atoms with E-state index in [0.717, 1.165) is 17.5 Å². The van der Waals surface area contributed by atoms with Crippen molar-refractivity contribution in [1.29, 1.82) is 0 Å². The van der Waals surface area contributed by atoms with E-state index >= 15 is 0 Å². The minimum atomic E-state index is -0.631. The molecule has 1 atom stereocenters.